The van der Waals surface area contributed by atoms with Crippen molar-refractivity contribution in [2.75, 3.05) is 13.2 Å². The van der Waals surface area contributed by atoms with Gasteiger partial charge in [-0.3, -0.25) is 0 Å². The van der Waals surface area contributed by atoms with Gasteiger partial charge in [0.2, 0.25) is 5.16 Å². The summed E-state index contributed by atoms with van der Waals surface area (Å²) < 4.78 is 46.1. The largest absolute Gasteiger partial charge is 0.401 e. The summed E-state index contributed by atoms with van der Waals surface area (Å²) in [5.74, 6) is -0.519. The Hall–Kier alpha value is -0.830. The van der Waals surface area contributed by atoms with Crippen LogP contribution in [0, 0.1) is 5.92 Å². The normalized spacial score (nSPS) is 25.7. The minimum absolute atomic E-state index is 0.155. The Bertz CT molecular complexity index is 442. The van der Waals surface area contributed by atoms with Gasteiger partial charge >= 0.3 is 6.18 Å². The second-order valence-corrected chi connectivity index (χ2v) is 5.95. The molecule has 106 valence electrons. The van der Waals surface area contributed by atoms with Gasteiger partial charge in [0, 0.05) is 12.5 Å². The highest BCUT2D eigenvalue weighted by Gasteiger charge is 2.47. The fraction of sp³-hybridized carbons (Fsp3) is 0.900. The molecule has 1 aliphatic carbocycles. The summed E-state index contributed by atoms with van der Waals surface area (Å²) in [5, 5.41) is 9.75. The maximum absolute atomic E-state index is 13.2. The quantitative estimate of drug-likeness (QED) is 0.796. The summed E-state index contributed by atoms with van der Waals surface area (Å²) in [6.45, 7) is 0.549. The van der Waals surface area contributed by atoms with E-state index in [-0.39, 0.29) is 17.8 Å². The van der Waals surface area contributed by atoms with E-state index in [1.807, 2.05) is 0 Å². The van der Waals surface area contributed by atoms with Crippen molar-refractivity contribution >= 4 is 11.8 Å². The molecule has 9 heteroatoms. The van der Waals surface area contributed by atoms with Gasteiger partial charge in [-0.05, 0) is 29.7 Å². The molecule has 2 unspecified atom stereocenters. The third-order valence-electron chi connectivity index (χ3n) is 3.30. The maximum atomic E-state index is 13.2. The second-order valence-electron chi connectivity index (χ2n) is 4.84. The van der Waals surface area contributed by atoms with Gasteiger partial charge in [-0.2, -0.15) is 13.2 Å². The Balaban J connectivity index is 1.78. The fourth-order valence-electron chi connectivity index (χ4n) is 2.15. The van der Waals surface area contributed by atoms with Crippen molar-refractivity contribution in [3.05, 3.63) is 0 Å². The molecule has 3 rings (SSSR count). The molecule has 1 saturated carbocycles. The first-order chi connectivity index (χ1) is 9.05. The average molecular weight is 294 g/mol. The van der Waals surface area contributed by atoms with Crippen LogP contribution in [0.5, 0.6) is 0 Å². The zero-order chi connectivity index (χ0) is 13.5. The zero-order valence-electron chi connectivity index (χ0n) is 10.0. The molecule has 1 aliphatic heterocycles. The molecule has 2 fully saturated rings. The molecule has 0 N–H and O–H groups in total. The number of rotatable bonds is 4. The van der Waals surface area contributed by atoms with E-state index in [9.17, 15) is 13.2 Å². The first kappa shape index (κ1) is 13.2. The van der Waals surface area contributed by atoms with E-state index >= 15 is 0 Å². The molecule has 0 spiro atoms. The molecule has 2 atom stereocenters. The lowest BCUT2D eigenvalue weighted by atomic mass is 10.0. The van der Waals surface area contributed by atoms with E-state index in [1.165, 1.54) is 4.68 Å². The van der Waals surface area contributed by atoms with Gasteiger partial charge in [0.25, 0.3) is 0 Å². The molecule has 0 radical (unpaired) electrons. The lowest BCUT2D eigenvalue weighted by Gasteiger charge is -2.23. The summed E-state index contributed by atoms with van der Waals surface area (Å²) in [6, 6.07) is 0.172. The standard InChI is InChI=1S/C10H13F3N4OS/c11-10(12,13)8(6-3-4-18-5-6)19-9-14-15-16-17(9)7-1-2-7/h6-8H,1-5H2. The Morgan fingerprint density at radius 3 is 2.68 bits per heavy atom. The molecule has 5 nitrogen and oxygen atoms in total. The molecule has 0 bridgehead atoms. The molecule has 1 aromatic heterocycles. The summed E-state index contributed by atoms with van der Waals surface area (Å²) in [6.07, 6.45) is -1.98. The van der Waals surface area contributed by atoms with Gasteiger partial charge in [-0.25, -0.2) is 4.68 Å². The number of aromatic nitrogens is 4. The van der Waals surface area contributed by atoms with Crippen molar-refractivity contribution in [3.63, 3.8) is 0 Å². The van der Waals surface area contributed by atoms with E-state index in [4.69, 9.17) is 4.74 Å². The lowest BCUT2D eigenvalue weighted by Crippen LogP contribution is -2.34. The van der Waals surface area contributed by atoms with Crippen LogP contribution >= 0.6 is 11.8 Å². The molecule has 2 heterocycles. The first-order valence-electron chi connectivity index (χ1n) is 6.14. The van der Waals surface area contributed by atoms with E-state index < -0.39 is 17.3 Å². The highest BCUT2D eigenvalue weighted by atomic mass is 32.2. The molecular weight excluding hydrogens is 281 g/mol. The summed E-state index contributed by atoms with van der Waals surface area (Å²) in [5.41, 5.74) is 0. The SMILES string of the molecule is FC(F)(F)C(Sc1nnnn1C1CC1)C1CCOC1. The molecule has 0 aromatic carbocycles. The molecule has 2 aliphatic rings. The Labute approximate surface area is 111 Å². The lowest BCUT2D eigenvalue weighted by molar-refractivity contribution is -0.138. The Morgan fingerprint density at radius 2 is 2.11 bits per heavy atom. The molecule has 19 heavy (non-hydrogen) atoms. The number of tetrazole rings is 1. The number of halogens is 3. The van der Waals surface area contributed by atoms with E-state index in [1.54, 1.807) is 0 Å². The predicted octanol–water partition coefficient (Wildman–Crippen LogP) is 2.07. The van der Waals surface area contributed by atoms with Gasteiger partial charge in [0.05, 0.1) is 12.6 Å². The van der Waals surface area contributed by atoms with E-state index in [0.717, 1.165) is 12.8 Å². The van der Waals surface area contributed by atoms with Crippen molar-refractivity contribution in [1.29, 1.82) is 0 Å². The van der Waals surface area contributed by atoms with Crippen LogP contribution in [0.4, 0.5) is 13.2 Å². The van der Waals surface area contributed by atoms with Crippen LogP contribution in [0.25, 0.3) is 0 Å². The average Bonchev–Trinajstić information content (AvgIpc) is 2.88. The number of thioether (sulfide) groups is 1. The van der Waals surface area contributed by atoms with Crippen LogP contribution in [0.1, 0.15) is 25.3 Å². The number of hydrogen-bond acceptors (Lipinski definition) is 5. The Kier molecular flexibility index (Phi) is 3.42. The van der Waals surface area contributed by atoms with Crippen LogP contribution < -0.4 is 0 Å². The van der Waals surface area contributed by atoms with Crippen molar-refractivity contribution in [2.45, 2.75) is 41.9 Å². The summed E-state index contributed by atoms with van der Waals surface area (Å²) in [7, 11) is 0. The fourth-order valence-corrected chi connectivity index (χ4v) is 3.29. The maximum Gasteiger partial charge on any atom is 0.401 e. The van der Waals surface area contributed by atoms with Crippen molar-refractivity contribution in [1.82, 2.24) is 20.2 Å². The molecular formula is C10H13F3N4OS. The Morgan fingerprint density at radius 1 is 1.32 bits per heavy atom. The van der Waals surface area contributed by atoms with Gasteiger partial charge < -0.3 is 4.74 Å². The molecule has 0 amide bonds. The van der Waals surface area contributed by atoms with Crippen LogP contribution in [0.3, 0.4) is 0 Å². The topological polar surface area (TPSA) is 52.8 Å². The smallest absolute Gasteiger partial charge is 0.381 e. The minimum Gasteiger partial charge on any atom is -0.381 e. The predicted molar refractivity (Wildman–Crippen MR) is 60.7 cm³/mol. The van der Waals surface area contributed by atoms with Gasteiger partial charge in [0.15, 0.2) is 0 Å². The van der Waals surface area contributed by atoms with E-state index in [2.05, 4.69) is 15.5 Å². The number of alkyl halides is 3. The van der Waals surface area contributed by atoms with Gasteiger partial charge in [-0.15, -0.1) is 5.10 Å². The third kappa shape index (κ3) is 2.86. The first-order valence-corrected chi connectivity index (χ1v) is 7.02. The van der Waals surface area contributed by atoms with Crippen LogP contribution in [0.15, 0.2) is 5.16 Å². The summed E-state index contributed by atoms with van der Waals surface area (Å²) in [4.78, 5) is 0. The van der Waals surface area contributed by atoms with Crippen molar-refractivity contribution < 1.29 is 17.9 Å². The van der Waals surface area contributed by atoms with Gasteiger partial charge in [0.1, 0.15) is 5.25 Å². The minimum atomic E-state index is -4.27. The highest BCUT2D eigenvalue weighted by Crippen LogP contribution is 2.43. The molecule has 1 saturated heterocycles. The summed E-state index contributed by atoms with van der Waals surface area (Å²) >= 11 is 0.716. The van der Waals surface area contributed by atoms with Crippen LogP contribution in [-0.2, 0) is 4.74 Å². The van der Waals surface area contributed by atoms with Gasteiger partial charge in [-0.1, -0.05) is 11.8 Å². The van der Waals surface area contributed by atoms with E-state index in [0.29, 0.717) is 24.8 Å². The monoisotopic (exact) mass is 294 g/mol. The van der Waals surface area contributed by atoms with Crippen molar-refractivity contribution in [2.24, 2.45) is 5.92 Å². The number of nitrogens with zero attached hydrogens (tertiary/aromatic N) is 4. The number of ether oxygens (including phenoxy) is 1. The van der Waals surface area contributed by atoms with Crippen LogP contribution in [-0.4, -0.2) is 44.8 Å². The zero-order valence-corrected chi connectivity index (χ0v) is 10.8. The van der Waals surface area contributed by atoms with Crippen molar-refractivity contribution in [3.8, 4) is 0 Å². The molecule has 1 aromatic rings. The van der Waals surface area contributed by atoms with Crippen LogP contribution in [0.2, 0.25) is 0 Å². The number of hydrogen-bond donors (Lipinski definition) is 0. The second kappa shape index (κ2) is 4.93. The highest BCUT2D eigenvalue weighted by molar-refractivity contribution is 7.99. The third-order valence-corrected chi connectivity index (χ3v) is 4.69.